The van der Waals surface area contributed by atoms with Crippen LogP contribution in [0.3, 0.4) is 0 Å². The number of halogens is 2. The lowest BCUT2D eigenvalue weighted by molar-refractivity contribution is -0.112. The molecule has 0 unspecified atom stereocenters. The van der Waals surface area contributed by atoms with Crippen LogP contribution in [0, 0.1) is 0 Å². The highest BCUT2D eigenvalue weighted by Gasteiger charge is 2.19. The van der Waals surface area contributed by atoms with Crippen molar-refractivity contribution in [3.05, 3.63) is 64.9 Å². The third-order valence-corrected chi connectivity index (χ3v) is 5.80. The van der Waals surface area contributed by atoms with Crippen molar-refractivity contribution in [2.75, 3.05) is 29.0 Å². The van der Waals surface area contributed by atoms with Crippen molar-refractivity contribution in [2.24, 2.45) is 26.9 Å². The molecule has 0 bridgehead atoms. The Morgan fingerprint density at radius 1 is 0.725 bits per heavy atom. The van der Waals surface area contributed by atoms with Gasteiger partial charge in [0.1, 0.15) is 17.1 Å². The molecule has 0 fully saturated rings. The fourth-order valence-electron chi connectivity index (χ4n) is 3.62. The number of carbonyl (C=O) groups excluding carboxylic acids is 5. The molecule has 0 aliphatic heterocycles. The summed E-state index contributed by atoms with van der Waals surface area (Å²) in [6.07, 6.45) is 4.74. The first-order valence-corrected chi connectivity index (χ1v) is 12.2. The molecule has 0 saturated carbocycles. The maximum atomic E-state index is 12.9. The molecule has 0 radical (unpaired) electrons. The van der Waals surface area contributed by atoms with Crippen LogP contribution in [0.2, 0.25) is 0 Å². The van der Waals surface area contributed by atoms with E-state index in [1.54, 1.807) is 53.4 Å². The van der Waals surface area contributed by atoms with Gasteiger partial charge in [0.05, 0.1) is 21.5 Å². The van der Waals surface area contributed by atoms with Gasteiger partial charge < -0.3 is 46.0 Å². The molecule has 6 amide bonds. The van der Waals surface area contributed by atoms with Gasteiger partial charge in [-0.1, -0.05) is 6.58 Å². The average molecular weight is 639 g/mol. The van der Waals surface area contributed by atoms with E-state index in [4.69, 9.17) is 5.73 Å². The highest BCUT2D eigenvalue weighted by atomic mass is 79.9. The number of nitrogens with zero attached hydrogens (tertiary/aromatic N) is 3. The molecule has 3 heterocycles. The number of nitrogens with one attached hydrogen (secondary N) is 5. The molecule has 0 spiro atoms. The Kier molecular flexibility index (Phi) is 10.7. The first kappa shape index (κ1) is 31.7. The molecule has 7 N–H and O–H groups in total. The maximum Gasteiger partial charge on any atom is 0.312 e. The second kappa shape index (κ2) is 13.5. The van der Waals surface area contributed by atoms with Gasteiger partial charge in [0.2, 0.25) is 0 Å². The summed E-state index contributed by atoms with van der Waals surface area (Å²) in [4.78, 5) is 60.7. The van der Waals surface area contributed by atoms with E-state index >= 15 is 0 Å². The second-order valence-corrected chi connectivity index (χ2v) is 9.45. The van der Waals surface area contributed by atoms with E-state index in [1.165, 1.54) is 18.2 Å². The van der Waals surface area contributed by atoms with Crippen LogP contribution < -0.4 is 32.3 Å². The number of aromatic nitrogens is 3. The minimum absolute atomic E-state index is 0. The molecule has 0 aliphatic carbocycles. The van der Waals surface area contributed by atoms with E-state index < -0.39 is 29.7 Å². The summed E-state index contributed by atoms with van der Waals surface area (Å²) in [5.74, 6) is -1.73. The molecule has 3 aromatic heterocycles. The summed E-state index contributed by atoms with van der Waals surface area (Å²) >= 11 is 3.00. The zero-order valence-corrected chi connectivity index (χ0v) is 24.2. The smallest absolute Gasteiger partial charge is 0.312 e. The highest BCUT2D eigenvalue weighted by Crippen LogP contribution is 2.20. The van der Waals surface area contributed by atoms with Gasteiger partial charge in [-0.3, -0.25) is 19.2 Å². The normalized spacial score (nSPS) is 10.2. The molecule has 16 heteroatoms. The Labute approximate surface area is 243 Å². The average Bonchev–Trinajstić information content (AvgIpc) is 3.52. The topological polar surface area (TPSA) is 186 Å². The number of primary amides is 1. The number of hydrogen-bond acceptors (Lipinski definition) is 5. The molecule has 14 nitrogen and oxygen atoms in total. The first-order valence-electron chi connectivity index (χ1n) is 11.4. The van der Waals surface area contributed by atoms with Gasteiger partial charge in [-0.25, -0.2) is 4.79 Å². The minimum atomic E-state index is -0.687. The van der Waals surface area contributed by atoms with Crippen molar-refractivity contribution >= 4 is 75.1 Å². The van der Waals surface area contributed by atoms with Gasteiger partial charge in [-0.15, -0.1) is 12.4 Å². The number of aryl methyl sites for hydroxylation is 3. The van der Waals surface area contributed by atoms with E-state index in [1.807, 2.05) is 0 Å². The zero-order valence-electron chi connectivity index (χ0n) is 21.8. The van der Waals surface area contributed by atoms with E-state index in [9.17, 15) is 24.0 Å². The largest absolute Gasteiger partial charge is 0.352 e. The van der Waals surface area contributed by atoms with Gasteiger partial charge in [0.25, 0.3) is 23.6 Å². The lowest BCUT2D eigenvalue weighted by Crippen LogP contribution is -2.37. The Balaban J connectivity index is 0.00000560. The number of carbonyl (C=O) groups is 5. The minimum Gasteiger partial charge on any atom is -0.352 e. The summed E-state index contributed by atoms with van der Waals surface area (Å²) in [5, 5.41) is 13.1. The summed E-state index contributed by atoms with van der Waals surface area (Å²) in [6.45, 7) is 3.86. The summed E-state index contributed by atoms with van der Waals surface area (Å²) in [7, 11) is 4.96. The van der Waals surface area contributed by atoms with Crippen LogP contribution in [-0.4, -0.2) is 56.5 Å². The Morgan fingerprint density at radius 3 is 1.50 bits per heavy atom. The lowest BCUT2D eigenvalue weighted by Gasteiger charge is -2.05. The van der Waals surface area contributed by atoms with Gasteiger partial charge in [0, 0.05) is 52.8 Å². The molecule has 0 saturated heterocycles. The van der Waals surface area contributed by atoms with Crippen molar-refractivity contribution in [2.45, 2.75) is 0 Å². The molecular weight excluding hydrogens is 610 g/mol. The monoisotopic (exact) mass is 637 g/mol. The van der Waals surface area contributed by atoms with Crippen LogP contribution in [0.4, 0.5) is 21.9 Å². The Hall–Kier alpha value is -4.50. The highest BCUT2D eigenvalue weighted by molar-refractivity contribution is 9.12. The molecule has 40 heavy (non-hydrogen) atoms. The third kappa shape index (κ3) is 8.00. The SMILES string of the molecule is C=C(Br)C(=O)Nc1cc(C(=O)Nc2cc(C(=O)Nc3cc(C(=O)NCCNC(N)=O)n(C)c3)n(C)c2)n(C)c1.Cl. The van der Waals surface area contributed by atoms with Crippen LogP contribution in [0.25, 0.3) is 0 Å². The zero-order chi connectivity index (χ0) is 28.9. The van der Waals surface area contributed by atoms with Gasteiger partial charge >= 0.3 is 6.03 Å². The van der Waals surface area contributed by atoms with Crippen molar-refractivity contribution in [3.63, 3.8) is 0 Å². The molecule has 3 aromatic rings. The van der Waals surface area contributed by atoms with Crippen LogP contribution in [0.1, 0.15) is 31.5 Å². The number of rotatable bonds is 10. The standard InChI is InChI=1S/C24H28BrN9O5.ClH/c1-13(25)20(35)29-14-8-18(33(3)10-14)22(37)31-16-9-19(34(4)12-16)23(38)30-15-7-17(32(2)11-15)21(36)27-5-6-28-24(26)39;/h7-12H,1,5-6H2,2-4H3,(H,27,36)(H,29,35)(H,30,38)(H,31,37)(H3,26,28,39);1H. The van der Waals surface area contributed by atoms with E-state index in [2.05, 4.69) is 49.1 Å². The number of urea groups is 1. The molecule has 3 rings (SSSR count). The number of anilines is 3. The van der Waals surface area contributed by atoms with Crippen molar-refractivity contribution < 1.29 is 24.0 Å². The van der Waals surface area contributed by atoms with E-state index in [0.29, 0.717) is 22.8 Å². The first-order chi connectivity index (χ1) is 18.3. The van der Waals surface area contributed by atoms with E-state index in [-0.39, 0.29) is 41.4 Å². The lowest BCUT2D eigenvalue weighted by atomic mass is 10.3. The molecule has 0 aromatic carbocycles. The Bertz CT molecular complexity index is 1470. The predicted octanol–water partition coefficient (Wildman–Crippen LogP) is 1.87. The fraction of sp³-hybridized carbons (Fsp3) is 0.208. The van der Waals surface area contributed by atoms with Crippen molar-refractivity contribution in [1.82, 2.24) is 24.3 Å². The second-order valence-electron chi connectivity index (χ2n) is 8.49. The summed E-state index contributed by atoms with van der Waals surface area (Å²) < 4.78 is 4.80. The summed E-state index contributed by atoms with van der Waals surface area (Å²) in [5.41, 5.74) is 7.00. The van der Waals surface area contributed by atoms with Crippen molar-refractivity contribution in [3.8, 4) is 0 Å². The number of hydrogen-bond donors (Lipinski definition) is 6. The number of amides is 6. The van der Waals surface area contributed by atoms with Gasteiger partial charge in [-0.2, -0.15) is 0 Å². The quantitative estimate of drug-likeness (QED) is 0.146. The van der Waals surface area contributed by atoms with Crippen molar-refractivity contribution in [1.29, 1.82) is 0 Å². The molecular formula is C24H29BrClN9O5. The maximum absolute atomic E-state index is 12.9. The molecule has 214 valence electrons. The van der Waals surface area contributed by atoms with Gasteiger partial charge in [0.15, 0.2) is 0 Å². The third-order valence-electron chi connectivity index (χ3n) is 5.44. The van der Waals surface area contributed by atoms with Crippen LogP contribution in [0.15, 0.2) is 47.9 Å². The fourth-order valence-corrected chi connectivity index (χ4v) is 3.72. The predicted molar refractivity (Wildman–Crippen MR) is 156 cm³/mol. The van der Waals surface area contributed by atoms with Crippen LogP contribution in [-0.2, 0) is 25.9 Å². The van der Waals surface area contributed by atoms with Gasteiger partial charge in [-0.05, 0) is 34.1 Å². The Morgan fingerprint density at radius 2 is 1.10 bits per heavy atom. The van der Waals surface area contributed by atoms with Crippen LogP contribution >= 0.6 is 28.3 Å². The molecule has 0 atom stereocenters. The van der Waals surface area contributed by atoms with Crippen LogP contribution in [0.5, 0.6) is 0 Å². The number of nitrogens with two attached hydrogens (primary N) is 1. The van der Waals surface area contributed by atoms with E-state index in [0.717, 1.165) is 0 Å². The summed E-state index contributed by atoms with van der Waals surface area (Å²) in [6, 6.07) is 3.85. The molecule has 0 aliphatic rings.